The minimum absolute atomic E-state index is 0.101. The number of fused-ring (bicyclic) bond motifs is 1. The van der Waals surface area contributed by atoms with Crippen molar-refractivity contribution < 1.29 is 4.79 Å². The zero-order valence-electron chi connectivity index (χ0n) is 23.9. The number of anilines is 2. The highest BCUT2D eigenvalue weighted by molar-refractivity contribution is 5.94. The molecule has 1 N–H and O–H groups in total. The van der Waals surface area contributed by atoms with Gasteiger partial charge in [-0.2, -0.15) is 4.98 Å². The summed E-state index contributed by atoms with van der Waals surface area (Å²) in [7, 11) is 0. The van der Waals surface area contributed by atoms with E-state index in [0.717, 1.165) is 43.0 Å². The van der Waals surface area contributed by atoms with E-state index in [4.69, 9.17) is 9.97 Å². The van der Waals surface area contributed by atoms with Crippen molar-refractivity contribution in [2.75, 3.05) is 42.5 Å². The third-order valence-electron chi connectivity index (χ3n) is 7.53. The number of hydrogen-bond donors (Lipinski definition) is 1. The Morgan fingerprint density at radius 1 is 0.829 bits per heavy atom. The molecule has 0 saturated carbocycles. The molecule has 10 nitrogen and oxygen atoms in total. The van der Waals surface area contributed by atoms with Gasteiger partial charge in [0.2, 0.25) is 11.9 Å². The van der Waals surface area contributed by atoms with Gasteiger partial charge in [-0.05, 0) is 49.7 Å². The van der Waals surface area contributed by atoms with Crippen LogP contribution in [0.25, 0.3) is 16.7 Å². The zero-order valence-corrected chi connectivity index (χ0v) is 23.9. The summed E-state index contributed by atoms with van der Waals surface area (Å²) in [6.45, 7) is 7.73. The van der Waals surface area contributed by atoms with Crippen molar-refractivity contribution in [2.45, 2.75) is 52.4 Å². The van der Waals surface area contributed by atoms with Crippen LogP contribution in [-0.4, -0.2) is 63.1 Å². The number of unbranched alkanes of at least 4 members (excludes halogenated alkanes) is 5. The summed E-state index contributed by atoms with van der Waals surface area (Å²) >= 11 is 0. The maximum Gasteiger partial charge on any atom is 0.256 e. The average molecular weight is 555 g/mol. The summed E-state index contributed by atoms with van der Waals surface area (Å²) in [5.41, 5.74) is 2.39. The molecule has 1 aliphatic rings. The first-order valence-electron chi connectivity index (χ1n) is 14.6. The molecule has 0 atom stereocenters. The number of piperazine rings is 1. The molecule has 10 heteroatoms. The number of nitrogens with zero attached hydrogens (tertiary/aromatic N) is 7. The number of nitrogens with one attached hydrogen (secondary N) is 1. The van der Waals surface area contributed by atoms with E-state index in [-0.39, 0.29) is 11.5 Å². The summed E-state index contributed by atoms with van der Waals surface area (Å²) < 4.78 is 1.60. The number of carbonyl (C=O) groups excluding carboxylic acids is 1. The third kappa shape index (κ3) is 6.70. The normalized spacial score (nSPS) is 13.5. The van der Waals surface area contributed by atoms with Gasteiger partial charge in [0.25, 0.3) is 11.5 Å². The number of benzene rings is 1. The van der Waals surface area contributed by atoms with E-state index >= 15 is 0 Å². The molecule has 0 unspecified atom stereocenters. The first kappa shape index (κ1) is 28.2. The van der Waals surface area contributed by atoms with Crippen molar-refractivity contribution in [1.29, 1.82) is 0 Å². The Hall–Kier alpha value is -4.34. The van der Waals surface area contributed by atoms with Gasteiger partial charge in [0.15, 0.2) is 5.65 Å². The van der Waals surface area contributed by atoms with E-state index < -0.39 is 0 Å². The molecule has 1 aromatic carbocycles. The first-order valence-corrected chi connectivity index (χ1v) is 14.6. The van der Waals surface area contributed by atoms with Crippen molar-refractivity contribution in [3.63, 3.8) is 0 Å². The van der Waals surface area contributed by atoms with E-state index in [9.17, 15) is 9.59 Å². The van der Waals surface area contributed by atoms with Crippen LogP contribution in [0.15, 0.2) is 59.7 Å². The van der Waals surface area contributed by atoms with Crippen LogP contribution in [0.4, 0.5) is 11.9 Å². The number of pyridine rings is 1. The van der Waals surface area contributed by atoms with Gasteiger partial charge in [0.1, 0.15) is 0 Å². The molecule has 4 heterocycles. The van der Waals surface area contributed by atoms with Crippen LogP contribution < -0.4 is 20.7 Å². The summed E-state index contributed by atoms with van der Waals surface area (Å²) in [6, 6.07) is 12.3. The van der Waals surface area contributed by atoms with Gasteiger partial charge in [-0.3, -0.25) is 14.2 Å². The van der Waals surface area contributed by atoms with Crippen LogP contribution >= 0.6 is 0 Å². The molecular formula is C31H38N8O2. The quantitative estimate of drug-likeness (QED) is 0.274. The molecule has 214 valence electrons. The van der Waals surface area contributed by atoms with Crippen LogP contribution in [-0.2, 0) is 0 Å². The fraction of sp³-hybridized carbons (Fsp3) is 0.419. The van der Waals surface area contributed by atoms with Gasteiger partial charge in [0.05, 0.1) is 11.4 Å². The number of aryl methyl sites for hydroxylation is 1. The van der Waals surface area contributed by atoms with Gasteiger partial charge in [0, 0.05) is 62.1 Å². The van der Waals surface area contributed by atoms with Crippen molar-refractivity contribution in [2.24, 2.45) is 0 Å². The largest absolute Gasteiger partial charge is 0.352 e. The number of aromatic nitrogens is 5. The van der Waals surface area contributed by atoms with Crippen molar-refractivity contribution >= 4 is 28.8 Å². The molecule has 0 aliphatic carbocycles. The lowest BCUT2D eigenvalue weighted by molar-refractivity contribution is 0.0953. The van der Waals surface area contributed by atoms with Gasteiger partial charge in [-0.15, -0.1) is 0 Å². The van der Waals surface area contributed by atoms with Crippen LogP contribution in [0.2, 0.25) is 0 Å². The Labute approximate surface area is 240 Å². The van der Waals surface area contributed by atoms with Gasteiger partial charge >= 0.3 is 0 Å². The van der Waals surface area contributed by atoms with Crippen molar-refractivity contribution in [3.05, 3.63) is 76.5 Å². The summed E-state index contributed by atoms with van der Waals surface area (Å²) in [5.74, 6) is 1.21. The molecule has 41 heavy (non-hydrogen) atoms. The van der Waals surface area contributed by atoms with Crippen molar-refractivity contribution in [1.82, 2.24) is 29.8 Å². The Kier molecular flexibility index (Phi) is 9.18. The summed E-state index contributed by atoms with van der Waals surface area (Å²) in [4.78, 5) is 48.4. The molecule has 1 fully saturated rings. The number of rotatable bonds is 11. The molecule has 0 radical (unpaired) electrons. The Morgan fingerprint density at radius 3 is 2.20 bits per heavy atom. The molecule has 3 aromatic heterocycles. The first-order chi connectivity index (χ1) is 20.0. The Morgan fingerprint density at radius 2 is 1.49 bits per heavy atom. The van der Waals surface area contributed by atoms with E-state index in [2.05, 4.69) is 32.0 Å². The molecule has 1 amide bonds. The number of carbonyl (C=O) groups is 1. The predicted octanol–water partition coefficient (Wildman–Crippen LogP) is 4.30. The molecular weight excluding hydrogens is 516 g/mol. The minimum atomic E-state index is -0.187. The van der Waals surface area contributed by atoms with E-state index in [0.29, 0.717) is 42.5 Å². The van der Waals surface area contributed by atoms with Crippen molar-refractivity contribution in [3.8, 4) is 5.69 Å². The van der Waals surface area contributed by atoms with Crippen LogP contribution in [0.5, 0.6) is 0 Å². The van der Waals surface area contributed by atoms with E-state index in [1.165, 1.54) is 31.7 Å². The second-order valence-electron chi connectivity index (χ2n) is 10.4. The second kappa shape index (κ2) is 13.3. The van der Waals surface area contributed by atoms with Gasteiger partial charge in [-0.25, -0.2) is 15.0 Å². The summed E-state index contributed by atoms with van der Waals surface area (Å²) in [5, 5.41) is 3.82. The second-order valence-corrected chi connectivity index (χ2v) is 10.4. The van der Waals surface area contributed by atoms with Gasteiger partial charge in [-0.1, -0.05) is 39.0 Å². The number of amides is 1. The SMILES string of the molecule is CCCCCCCCNC(=O)c1ccc(-n2c(=O)ccc3c(C)nc(N4CCN(c5ncccn5)CC4)nc32)cc1. The lowest BCUT2D eigenvalue weighted by Crippen LogP contribution is -2.47. The van der Waals surface area contributed by atoms with Crippen LogP contribution in [0, 0.1) is 6.92 Å². The topological polar surface area (TPSA) is 109 Å². The maximum absolute atomic E-state index is 13.1. The molecule has 0 bridgehead atoms. The maximum atomic E-state index is 13.1. The highest BCUT2D eigenvalue weighted by atomic mass is 16.1. The zero-order chi connectivity index (χ0) is 28.6. The molecule has 1 aliphatic heterocycles. The summed E-state index contributed by atoms with van der Waals surface area (Å²) in [6.07, 6.45) is 10.6. The van der Waals surface area contributed by atoms with Gasteiger partial charge < -0.3 is 15.1 Å². The highest BCUT2D eigenvalue weighted by Gasteiger charge is 2.22. The number of hydrogen-bond acceptors (Lipinski definition) is 8. The Balaban J connectivity index is 1.31. The van der Waals surface area contributed by atoms with Crippen LogP contribution in [0.3, 0.4) is 0 Å². The molecule has 0 spiro atoms. The third-order valence-corrected chi connectivity index (χ3v) is 7.53. The van der Waals surface area contributed by atoms with Crippen LogP contribution in [0.1, 0.15) is 61.5 Å². The monoisotopic (exact) mass is 554 g/mol. The predicted molar refractivity (Wildman–Crippen MR) is 162 cm³/mol. The van der Waals surface area contributed by atoms with E-state index in [1.54, 1.807) is 47.3 Å². The fourth-order valence-electron chi connectivity index (χ4n) is 5.17. The molecule has 4 aromatic rings. The lowest BCUT2D eigenvalue weighted by Gasteiger charge is -2.34. The standard InChI is InChI=1S/C31H38N8O2/c1-3-4-5-6-7-8-16-32-29(41)24-10-12-25(13-11-24)39-27(40)15-14-26-23(2)35-31(36-28(26)39)38-21-19-37(20-22-38)30-33-17-9-18-34-30/h9-15,17-18H,3-8,16,19-22H2,1-2H3,(H,32,41). The Bertz CT molecular complexity index is 1510. The smallest absolute Gasteiger partial charge is 0.256 e. The van der Waals surface area contributed by atoms with E-state index in [1.807, 2.05) is 13.0 Å². The lowest BCUT2D eigenvalue weighted by atomic mass is 10.1. The average Bonchev–Trinajstić information content (AvgIpc) is 3.01. The minimum Gasteiger partial charge on any atom is -0.352 e. The molecule has 5 rings (SSSR count). The highest BCUT2D eigenvalue weighted by Crippen LogP contribution is 2.22. The molecule has 1 saturated heterocycles. The fourth-order valence-corrected chi connectivity index (χ4v) is 5.17.